The van der Waals surface area contributed by atoms with Crippen LogP contribution in [0.1, 0.15) is 37.6 Å². The zero-order valence-corrected chi connectivity index (χ0v) is 13.9. The molecule has 1 aliphatic heterocycles. The first kappa shape index (κ1) is 15.6. The van der Waals surface area contributed by atoms with E-state index in [0.29, 0.717) is 6.54 Å². The van der Waals surface area contributed by atoms with Crippen LogP contribution < -0.4 is 5.32 Å². The second-order valence-corrected chi connectivity index (χ2v) is 6.23. The van der Waals surface area contributed by atoms with E-state index < -0.39 is 0 Å². The first-order chi connectivity index (χ1) is 11.1. The van der Waals surface area contributed by atoms with Crippen LogP contribution in [0.3, 0.4) is 0 Å². The van der Waals surface area contributed by atoms with Gasteiger partial charge in [-0.2, -0.15) is 10.2 Å². The normalized spacial score (nSPS) is 17.3. The first-order valence-electron chi connectivity index (χ1n) is 8.10. The molecule has 1 N–H and O–H groups in total. The molecule has 2 aromatic rings. The largest absolute Gasteiger partial charge is 0.333 e. The molecule has 7 nitrogen and oxygen atoms in total. The Kier molecular flexibility index (Phi) is 4.36. The Hall–Kier alpha value is -2.31. The monoisotopic (exact) mass is 316 g/mol. The zero-order chi connectivity index (χ0) is 16.4. The number of aromatic nitrogens is 4. The third-order valence-corrected chi connectivity index (χ3v) is 4.65. The van der Waals surface area contributed by atoms with E-state index in [1.54, 1.807) is 6.20 Å². The lowest BCUT2D eigenvalue weighted by atomic mass is 10.2. The van der Waals surface area contributed by atoms with Gasteiger partial charge in [0.15, 0.2) is 0 Å². The average molecular weight is 316 g/mol. The minimum Gasteiger partial charge on any atom is -0.333 e. The van der Waals surface area contributed by atoms with E-state index in [4.69, 9.17) is 0 Å². The maximum Gasteiger partial charge on any atom is 0.317 e. The van der Waals surface area contributed by atoms with Crippen molar-refractivity contribution < 1.29 is 4.79 Å². The summed E-state index contributed by atoms with van der Waals surface area (Å²) in [5.74, 6) is 0. The molecule has 2 aromatic heterocycles. The van der Waals surface area contributed by atoms with E-state index in [0.717, 1.165) is 24.9 Å². The van der Waals surface area contributed by atoms with Gasteiger partial charge in [0.25, 0.3) is 0 Å². The Bertz CT molecular complexity index is 662. The van der Waals surface area contributed by atoms with Crippen LogP contribution >= 0.6 is 0 Å². The van der Waals surface area contributed by atoms with Gasteiger partial charge in [-0.3, -0.25) is 9.36 Å². The fourth-order valence-corrected chi connectivity index (χ4v) is 3.02. The first-order valence-corrected chi connectivity index (χ1v) is 8.10. The van der Waals surface area contributed by atoms with Gasteiger partial charge >= 0.3 is 6.03 Å². The lowest BCUT2D eigenvalue weighted by Crippen LogP contribution is -2.46. The molecule has 23 heavy (non-hydrogen) atoms. The molecule has 0 aromatic carbocycles. The van der Waals surface area contributed by atoms with Crippen LogP contribution in [0.15, 0.2) is 24.7 Å². The van der Waals surface area contributed by atoms with Gasteiger partial charge < -0.3 is 10.2 Å². The number of hydrogen-bond donors (Lipinski definition) is 1. The maximum absolute atomic E-state index is 12.6. The number of hydrogen-bond acceptors (Lipinski definition) is 3. The molecule has 0 saturated heterocycles. The summed E-state index contributed by atoms with van der Waals surface area (Å²) in [5, 5.41) is 11.7. The molecule has 3 heterocycles. The quantitative estimate of drug-likeness (QED) is 0.937. The topological polar surface area (TPSA) is 68.0 Å². The highest BCUT2D eigenvalue weighted by Crippen LogP contribution is 2.18. The van der Waals surface area contributed by atoms with Crippen molar-refractivity contribution in [2.45, 2.75) is 45.3 Å². The van der Waals surface area contributed by atoms with Gasteiger partial charge in [-0.05, 0) is 32.8 Å². The van der Waals surface area contributed by atoms with Gasteiger partial charge in [0.1, 0.15) is 0 Å². The van der Waals surface area contributed by atoms with Crippen LogP contribution in [-0.4, -0.2) is 43.1 Å². The second-order valence-electron chi connectivity index (χ2n) is 6.23. The molecular weight excluding hydrogens is 292 g/mol. The maximum atomic E-state index is 12.6. The van der Waals surface area contributed by atoms with Crippen molar-refractivity contribution in [3.8, 4) is 0 Å². The lowest BCUT2D eigenvalue weighted by molar-refractivity contribution is 0.188. The van der Waals surface area contributed by atoms with Gasteiger partial charge in [-0.25, -0.2) is 4.79 Å². The molecule has 1 aliphatic rings. The predicted molar refractivity (Wildman–Crippen MR) is 86.9 cm³/mol. The molecule has 0 fully saturated rings. The smallest absolute Gasteiger partial charge is 0.317 e. The highest BCUT2D eigenvalue weighted by atomic mass is 16.2. The minimum atomic E-state index is -0.0202. The Labute approximate surface area is 136 Å². The summed E-state index contributed by atoms with van der Waals surface area (Å²) in [7, 11) is 1.96. The van der Waals surface area contributed by atoms with Crippen molar-refractivity contribution in [1.29, 1.82) is 0 Å². The Morgan fingerprint density at radius 3 is 2.91 bits per heavy atom. The number of aryl methyl sites for hydroxylation is 1. The van der Waals surface area contributed by atoms with Gasteiger partial charge in [-0.15, -0.1) is 0 Å². The molecular formula is C16H24N6O. The number of rotatable bonds is 3. The summed E-state index contributed by atoms with van der Waals surface area (Å²) in [6.07, 6.45) is 7.47. The summed E-state index contributed by atoms with van der Waals surface area (Å²) >= 11 is 0. The molecule has 3 rings (SSSR count). The van der Waals surface area contributed by atoms with Crippen molar-refractivity contribution in [3.63, 3.8) is 0 Å². The summed E-state index contributed by atoms with van der Waals surface area (Å²) in [6, 6.07) is 1.98. The summed E-state index contributed by atoms with van der Waals surface area (Å²) in [5.41, 5.74) is 2.38. The van der Waals surface area contributed by atoms with E-state index in [9.17, 15) is 4.79 Å². The number of carbonyl (C=O) groups excluding carboxylic acids is 1. The molecule has 0 radical (unpaired) electrons. The Morgan fingerprint density at radius 1 is 1.35 bits per heavy atom. The molecule has 7 heteroatoms. The average Bonchev–Trinajstić information content (AvgIpc) is 3.12. The van der Waals surface area contributed by atoms with Crippen molar-refractivity contribution in [2.75, 3.05) is 6.54 Å². The lowest BCUT2D eigenvalue weighted by Gasteiger charge is -2.26. The van der Waals surface area contributed by atoms with Crippen molar-refractivity contribution in [3.05, 3.63) is 35.9 Å². The molecule has 0 bridgehead atoms. The minimum absolute atomic E-state index is 0.000906. The Morgan fingerprint density at radius 2 is 2.17 bits per heavy atom. The molecule has 0 saturated carbocycles. The Balaban J connectivity index is 1.64. The molecule has 0 aliphatic carbocycles. The molecule has 2 unspecified atom stereocenters. The SMILES string of the molecule is CC(NC(=O)N1CCCc2c(cnn2C)C1)C(C)n1cccn1. The molecule has 0 spiro atoms. The molecule has 2 atom stereocenters. The van der Waals surface area contributed by atoms with Crippen LogP contribution in [0.2, 0.25) is 0 Å². The number of fused-ring (bicyclic) bond motifs is 1. The highest BCUT2D eigenvalue weighted by molar-refractivity contribution is 5.74. The van der Waals surface area contributed by atoms with Crippen molar-refractivity contribution in [1.82, 2.24) is 29.8 Å². The number of carbonyl (C=O) groups is 1. The van der Waals surface area contributed by atoms with E-state index in [1.807, 2.05) is 46.7 Å². The standard InChI is InChI=1S/C16H24N6O/c1-12(13(2)22-9-5-7-17-22)19-16(23)21-8-4-6-15-14(11-21)10-18-20(15)3/h5,7,9-10,12-13H,4,6,8,11H2,1-3H3,(H,19,23). The third-order valence-electron chi connectivity index (χ3n) is 4.65. The fourth-order valence-electron chi connectivity index (χ4n) is 3.02. The number of nitrogens with zero attached hydrogens (tertiary/aromatic N) is 5. The molecule has 124 valence electrons. The van der Waals surface area contributed by atoms with Crippen LogP contribution in [0.5, 0.6) is 0 Å². The van der Waals surface area contributed by atoms with E-state index >= 15 is 0 Å². The van der Waals surface area contributed by atoms with Gasteiger partial charge in [0.05, 0.1) is 18.8 Å². The summed E-state index contributed by atoms with van der Waals surface area (Å²) < 4.78 is 3.78. The van der Waals surface area contributed by atoms with E-state index in [2.05, 4.69) is 22.4 Å². The van der Waals surface area contributed by atoms with Crippen LogP contribution in [0.4, 0.5) is 4.79 Å². The number of urea groups is 1. The van der Waals surface area contributed by atoms with E-state index in [-0.39, 0.29) is 18.1 Å². The second kappa shape index (κ2) is 6.44. The van der Waals surface area contributed by atoms with Gasteiger partial charge in [-0.1, -0.05) is 0 Å². The van der Waals surface area contributed by atoms with E-state index in [1.165, 1.54) is 5.69 Å². The van der Waals surface area contributed by atoms with Gasteiger partial charge in [0, 0.05) is 43.3 Å². The van der Waals surface area contributed by atoms with Crippen LogP contribution in [0, 0.1) is 0 Å². The highest BCUT2D eigenvalue weighted by Gasteiger charge is 2.24. The molecule has 2 amide bonds. The van der Waals surface area contributed by atoms with Crippen LogP contribution in [0.25, 0.3) is 0 Å². The predicted octanol–water partition coefficient (Wildman–Crippen LogP) is 1.72. The number of nitrogens with one attached hydrogen (secondary N) is 1. The van der Waals surface area contributed by atoms with Crippen molar-refractivity contribution in [2.24, 2.45) is 7.05 Å². The summed E-state index contributed by atoms with van der Waals surface area (Å²) in [6.45, 7) is 5.46. The van der Waals surface area contributed by atoms with Crippen molar-refractivity contribution >= 4 is 6.03 Å². The third kappa shape index (κ3) is 3.23. The summed E-state index contributed by atoms with van der Waals surface area (Å²) in [4.78, 5) is 14.5. The van der Waals surface area contributed by atoms with Gasteiger partial charge in [0.2, 0.25) is 0 Å². The van der Waals surface area contributed by atoms with Crippen LogP contribution in [-0.2, 0) is 20.0 Å². The number of amides is 2. The fraction of sp³-hybridized carbons (Fsp3) is 0.562. The zero-order valence-electron chi connectivity index (χ0n) is 13.9.